The standard InChI is InChI=1S/C27H21FN6O2S/c1-37(35,36)31-14-16-9-17(11-19(28)10-16)20-5-4-7-24-21(20)13-25(32-24)26-22-12-18(15-30-27(22)34-33-26)23-6-2-3-8-29-23/h2-13,15,31-32H,14H2,1H3,(H,30,33,34). The average molecular weight is 513 g/mol. The Morgan fingerprint density at radius 2 is 1.84 bits per heavy atom. The van der Waals surface area contributed by atoms with Crippen molar-refractivity contribution in [1.82, 2.24) is 29.9 Å². The molecule has 0 atom stereocenters. The molecule has 184 valence electrons. The average Bonchev–Trinajstić information content (AvgIpc) is 3.51. The van der Waals surface area contributed by atoms with Crippen molar-refractivity contribution in [3.8, 4) is 33.8 Å². The van der Waals surface area contributed by atoms with Gasteiger partial charge in [-0.2, -0.15) is 5.10 Å². The van der Waals surface area contributed by atoms with E-state index in [1.807, 2.05) is 48.5 Å². The largest absolute Gasteiger partial charge is 0.353 e. The van der Waals surface area contributed by atoms with Gasteiger partial charge in [0, 0.05) is 40.8 Å². The van der Waals surface area contributed by atoms with Gasteiger partial charge in [-0.25, -0.2) is 22.5 Å². The summed E-state index contributed by atoms with van der Waals surface area (Å²) < 4.78 is 39.9. The molecule has 0 bridgehead atoms. The second kappa shape index (κ2) is 8.91. The van der Waals surface area contributed by atoms with Gasteiger partial charge in [-0.3, -0.25) is 10.1 Å². The summed E-state index contributed by atoms with van der Waals surface area (Å²) in [6.45, 7) is 0.00367. The fourth-order valence-electron chi connectivity index (χ4n) is 4.44. The van der Waals surface area contributed by atoms with E-state index >= 15 is 0 Å². The lowest BCUT2D eigenvalue weighted by atomic mass is 9.99. The lowest BCUT2D eigenvalue weighted by Gasteiger charge is -2.08. The van der Waals surface area contributed by atoms with Gasteiger partial charge >= 0.3 is 0 Å². The van der Waals surface area contributed by atoms with Crippen molar-refractivity contribution >= 4 is 32.0 Å². The molecular formula is C27H21FN6O2S. The molecule has 4 aromatic heterocycles. The first kappa shape index (κ1) is 23.0. The van der Waals surface area contributed by atoms with Crippen molar-refractivity contribution in [2.24, 2.45) is 0 Å². The van der Waals surface area contributed by atoms with Crippen LogP contribution in [0.15, 0.2) is 79.1 Å². The Kier molecular flexibility index (Phi) is 5.54. The smallest absolute Gasteiger partial charge is 0.209 e. The molecule has 0 saturated heterocycles. The summed E-state index contributed by atoms with van der Waals surface area (Å²) in [4.78, 5) is 12.3. The van der Waals surface area contributed by atoms with Crippen molar-refractivity contribution in [3.05, 3.63) is 90.5 Å². The maximum absolute atomic E-state index is 14.5. The molecular weight excluding hydrogens is 491 g/mol. The SMILES string of the molecule is CS(=O)(=O)NCc1cc(F)cc(-c2cccc3[nH]c(-c4[nH]nc5ncc(-c6ccccn6)cc45)cc23)c1. The number of sulfonamides is 1. The van der Waals surface area contributed by atoms with E-state index in [4.69, 9.17) is 0 Å². The molecule has 0 spiro atoms. The highest BCUT2D eigenvalue weighted by molar-refractivity contribution is 7.88. The van der Waals surface area contributed by atoms with Crippen LogP contribution in [0.5, 0.6) is 0 Å². The highest BCUT2D eigenvalue weighted by atomic mass is 32.2. The number of nitrogens with zero attached hydrogens (tertiary/aromatic N) is 3. The maximum atomic E-state index is 14.5. The molecule has 6 rings (SSSR count). The number of halogens is 1. The highest BCUT2D eigenvalue weighted by Gasteiger charge is 2.15. The minimum atomic E-state index is -3.40. The Morgan fingerprint density at radius 1 is 0.946 bits per heavy atom. The van der Waals surface area contributed by atoms with Crippen LogP contribution >= 0.6 is 0 Å². The Morgan fingerprint density at radius 3 is 2.65 bits per heavy atom. The summed E-state index contributed by atoms with van der Waals surface area (Å²) in [7, 11) is -3.40. The van der Waals surface area contributed by atoms with Crippen LogP contribution in [-0.4, -0.2) is 39.8 Å². The molecule has 0 aliphatic heterocycles. The van der Waals surface area contributed by atoms with Gasteiger partial charge < -0.3 is 4.98 Å². The number of benzene rings is 2. The summed E-state index contributed by atoms with van der Waals surface area (Å²) in [5.74, 6) is -0.441. The molecule has 0 fully saturated rings. The summed E-state index contributed by atoms with van der Waals surface area (Å²) in [5, 5.41) is 9.18. The van der Waals surface area contributed by atoms with Gasteiger partial charge in [0.2, 0.25) is 10.0 Å². The van der Waals surface area contributed by atoms with Crippen LogP contribution in [0.3, 0.4) is 0 Å². The number of pyridine rings is 2. The Hall–Kier alpha value is -4.41. The molecule has 0 saturated carbocycles. The van der Waals surface area contributed by atoms with Gasteiger partial charge in [0.25, 0.3) is 0 Å². The quantitative estimate of drug-likeness (QED) is 0.290. The fourth-order valence-corrected chi connectivity index (χ4v) is 4.87. The molecule has 37 heavy (non-hydrogen) atoms. The third-order valence-electron chi connectivity index (χ3n) is 6.11. The number of hydrogen-bond acceptors (Lipinski definition) is 5. The molecule has 3 N–H and O–H groups in total. The van der Waals surface area contributed by atoms with Crippen LogP contribution < -0.4 is 4.72 Å². The van der Waals surface area contributed by atoms with Crippen LogP contribution in [0.2, 0.25) is 0 Å². The summed E-state index contributed by atoms with van der Waals surface area (Å²) >= 11 is 0. The van der Waals surface area contributed by atoms with Gasteiger partial charge in [-0.15, -0.1) is 0 Å². The van der Waals surface area contributed by atoms with Crippen molar-refractivity contribution in [1.29, 1.82) is 0 Å². The van der Waals surface area contributed by atoms with Crippen LogP contribution in [0.4, 0.5) is 4.39 Å². The minimum absolute atomic E-state index is 0.00367. The van der Waals surface area contributed by atoms with Crippen molar-refractivity contribution in [2.75, 3.05) is 6.26 Å². The van der Waals surface area contributed by atoms with Crippen LogP contribution in [0, 0.1) is 5.82 Å². The summed E-state index contributed by atoms with van der Waals surface area (Å²) in [6, 6.07) is 20.0. The maximum Gasteiger partial charge on any atom is 0.209 e. The summed E-state index contributed by atoms with van der Waals surface area (Å²) in [6.07, 6.45) is 4.56. The van der Waals surface area contributed by atoms with E-state index in [0.717, 1.165) is 50.8 Å². The molecule has 4 heterocycles. The second-order valence-electron chi connectivity index (χ2n) is 8.80. The number of H-pyrrole nitrogens is 2. The van der Waals surface area contributed by atoms with Crippen molar-refractivity contribution in [3.63, 3.8) is 0 Å². The van der Waals surface area contributed by atoms with Crippen molar-refractivity contribution in [2.45, 2.75) is 6.54 Å². The molecule has 0 aliphatic rings. The molecule has 10 heteroatoms. The van der Waals surface area contributed by atoms with Crippen LogP contribution in [-0.2, 0) is 16.6 Å². The Labute approximate surface area is 211 Å². The Bertz CT molecular complexity index is 1880. The topological polar surface area (TPSA) is 116 Å². The van der Waals surface area contributed by atoms with Gasteiger partial charge in [-0.1, -0.05) is 18.2 Å². The second-order valence-corrected chi connectivity index (χ2v) is 10.6. The van der Waals surface area contributed by atoms with Crippen LogP contribution in [0.1, 0.15) is 5.56 Å². The van der Waals surface area contributed by atoms with Gasteiger partial charge in [0.1, 0.15) is 5.82 Å². The van der Waals surface area contributed by atoms with Crippen molar-refractivity contribution < 1.29 is 12.8 Å². The normalized spacial score (nSPS) is 11.9. The minimum Gasteiger partial charge on any atom is -0.353 e. The number of rotatable bonds is 6. The number of aromatic amines is 2. The third kappa shape index (κ3) is 4.59. The lowest BCUT2D eigenvalue weighted by Crippen LogP contribution is -2.21. The first-order valence-corrected chi connectivity index (χ1v) is 13.4. The number of aromatic nitrogens is 5. The monoisotopic (exact) mass is 512 g/mol. The molecule has 0 unspecified atom stereocenters. The zero-order valence-electron chi connectivity index (χ0n) is 19.7. The first-order valence-electron chi connectivity index (χ1n) is 11.5. The predicted octanol–water partition coefficient (Wildman–Crippen LogP) is 5.02. The van der Waals surface area contributed by atoms with E-state index < -0.39 is 15.8 Å². The molecule has 6 aromatic rings. The van der Waals surface area contributed by atoms with E-state index in [1.165, 1.54) is 12.1 Å². The molecule has 0 radical (unpaired) electrons. The van der Waals surface area contributed by atoms with E-state index in [0.29, 0.717) is 16.8 Å². The fraction of sp³-hybridized carbons (Fsp3) is 0.0741. The first-order chi connectivity index (χ1) is 17.8. The lowest BCUT2D eigenvalue weighted by molar-refractivity contribution is 0.586. The third-order valence-corrected chi connectivity index (χ3v) is 6.78. The molecule has 8 nitrogen and oxygen atoms in total. The van der Waals surface area contributed by atoms with E-state index in [1.54, 1.807) is 18.5 Å². The van der Waals surface area contributed by atoms with E-state index in [9.17, 15) is 12.8 Å². The van der Waals surface area contributed by atoms with E-state index in [-0.39, 0.29) is 6.54 Å². The zero-order valence-corrected chi connectivity index (χ0v) is 20.5. The number of hydrogen-bond donors (Lipinski definition) is 3. The zero-order chi connectivity index (χ0) is 25.6. The summed E-state index contributed by atoms with van der Waals surface area (Å²) in [5.41, 5.74) is 6.72. The van der Waals surface area contributed by atoms with Gasteiger partial charge in [0.15, 0.2) is 5.65 Å². The number of nitrogens with one attached hydrogen (secondary N) is 3. The number of fused-ring (bicyclic) bond motifs is 2. The van der Waals surface area contributed by atoms with Crippen LogP contribution in [0.25, 0.3) is 55.7 Å². The van der Waals surface area contributed by atoms with Gasteiger partial charge in [-0.05, 0) is 65.2 Å². The molecule has 0 amide bonds. The predicted molar refractivity (Wildman–Crippen MR) is 141 cm³/mol. The van der Waals surface area contributed by atoms with Gasteiger partial charge in [0.05, 0.1) is 23.3 Å². The molecule has 2 aromatic carbocycles. The highest BCUT2D eigenvalue weighted by Crippen LogP contribution is 2.35. The Balaban J connectivity index is 1.44. The molecule has 0 aliphatic carbocycles. The van der Waals surface area contributed by atoms with E-state index in [2.05, 4.69) is 29.9 Å².